The van der Waals surface area contributed by atoms with Gasteiger partial charge < -0.3 is 38.6 Å². The number of carbonyl (C=O) groups excluding carboxylic acids is 2. The summed E-state index contributed by atoms with van der Waals surface area (Å²) in [5.41, 5.74) is 1.02. The van der Waals surface area contributed by atoms with Crippen LogP contribution < -0.4 is 20.1 Å². The van der Waals surface area contributed by atoms with E-state index in [-0.39, 0.29) is 41.2 Å². The normalized spacial score (nSPS) is 13.0. The summed E-state index contributed by atoms with van der Waals surface area (Å²) in [4.78, 5) is 28.2. The Morgan fingerprint density at radius 2 is 1.33 bits per heavy atom. The summed E-state index contributed by atoms with van der Waals surface area (Å²) in [6, 6.07) is 3.15. The van der Waals surface area contributed by atoms with Crippen LogP contribution in [0, 0.1) is 0 Å². The summed E-state index contributed by atoms with van der Waals surface area (Å²) < 4.78 is 29.3. The van der Waals surface area contributed by atoms with Crippen LogP contribution in [0.3, 0.4) is 0 Å². The van der Waals surface area contributed by atoms with Gasteiger partial charge in [-0.25, -0.2) is 4.79 Å². The van der Waals surface area contributed by atoms with Crippen molar-refractivity contribution in [1.29, 1.82) is 0 Å². The maximum Gasteiger partial charge on any atom is 0.319 e. The molecule has 0 unspecified atom stereocenters. The number of amides is 3. The molecule has 0 bridgehead atoms. The van der Waals surface area contributed by atoms with Crippen LogP contribution in [0.25, 0.3) is 0 Å². The molecule has 0 heterocycles. The molecule has 1 rings (SSSR count). The number of nitrogens with one attached hydrogen (secondary N) is 2. The SMILES string of the molecule is COCOc1c(NC(=O)NCCC(=O)N(CCO[Si](C)(C)C(C)(C)C)CCO[Si](C)(C)C(C)(C)C)cc(OC)cc1C(C)(C)C. The first kappa shape index (κ1) is 40.9. The third kappa shape index (κ3) is 12.9. The Labute approximate surface area is 275 Å². The molecule has 1 aromatic carbocycles. The fraction of sp³-hybridized carbons (Fsp3) is 0.758. The Hall–Kier alpha value is -2.13. The highest BCUT2D eigenvalue weighted by Gasteiger charge is 2.38. The predicted molar refractivity (Wildman–Crippen MR) is 189 cm³/mol. The lowest BCUT2D eigenvalue weighted by Gasteiger charge is -2.38. The van der Waals surface area contributed by atoms with Crippen LogP contribution in [0.4, 0.5) is 10.5 Å². The summed E-state index contributed by atoms with van der Waals surface area (Å²) in [5, 5.41) is 5.85. The highest BCUT2D eigenvalue weighted by molar-refractivity contribution is 6.74. The number of hydrogen-bond donors (Lipinski definition) is 2. The lowest BCUT2D eigenvalue weighted by atomic mass is 9.85. The number of ether oxygens (including phenoxy) is 3. The molecule has 0 radical (unpaired) electrons. The Kier molecular flexibility index (Phi) is 15.1. The topological polar surface area (TPSA) is 108 Å². The van der Waals surface area contributed by atoms with Crippen LogP contribution >= 0.6 is 0 Å². The lowest BCUT2D eigenvalue weighted by Crippen LogP contribution is -2.46. The van der Waals surface area contributed by atoms with E-state index in [1.165, 1.54) is 0 Å². The van der Waals surface area contributed by atoms with Crippen molar-refractivity contribution < 1.29 is 32.7 Å². The van der Waals surface area contributed by atoms with E-state index in [2.05, 4.69) is 99.1 Å². The van der Waals surface area contributed by atoms with Crippen LogP contribution in [0.5, 0.6) is 11.5 Å². The van der Waals surface area contributed by atoms with Crippen molar-refractivity contribution in [3.05, 3.63) is 17.7 Å². The maximum absolute atomic E-state index is 13.4. The van der Waals surface area contributed by atoms with Crippen LogP contribution in [0.2, 0.25) is 36.3 Å². The minimum atomic E-state index is -1.96. The molecule has 0 spiro atoms. The van der Waals surface area contributed by atoms with Gasteiger partial charge in [-0.2, -0.15) is 0 Å². The van der Waals surface area contributed by atoms with Gasteiger partial charge in [0.15, 0.2) is 23.4 Å². The largest absolute Gasteiger partial charge is 0.497 e. The average molecular weight is 670 g/mol. The summed E-state index contributed by atoms with van der Waals surface area (Å²) in [6.07, 6.45) is 0.145. The maximum atomic E-state index is 13.4. The number of hydrogen-bond acceptors (Lipinski definition) is 7. The summed E-state index contributed by atoms with van der Waals surface area (Å²) >= 11 is 0. The van der Waals surface area contributed by atoms with Crippen molar-refractivity contribution in [2.24, 2.45) is 0 Å². The van der Waals surface area contributed by atoms with E-state index < -0.39 is 22.7 Å². The standard InChI is InChI=1S/C33H63N3O7Si2/c1-31(2,3)26-22-25(40-11)23-27(29(26)41-24-39-10)35-30(38)34-17-16-28(37)36(18-20-42-44(12,13)32(4,5)6)19-21-43-45(14,15)33(7,8)9/h22-23H,16-21,24H2,1-15H3,(H2,34,35,38). The van der Waals surface area contributed by atoms with Gasteiger partial charge in [0.05, 0.1) is 26.0 Å². The van der Waals surface area contributed by atoms with Crippen LogP contribution in [-0.2, 0) is 23.8 Å². The molecule has 0 saturated heterocycles. The van der Waals surface area contributed by atoms with Crippen molar-refractivity contribution >= 4 is 34.3 Å². The van der Waals surface area contributed by atoms with Crippen LogP contribution in [0.15, 0.2) is 12.1 Å². The smallest absolute Gasteiger partial charge is 0.319 e. The number of nitrogens with zero attached hydrogens (tertiary/aromatic N) is 1. The van der Waals surface area contributed by atoms with Crippen molar-refractivity contribution in [2.75, 3.05) is 59.2 Å². The van der Waals surface area contributed by atoms with Crippen molar-refractivity contribution in [3.63, 3.8) is 0 Å². The van der Waals surface area contributed by atoms with Gasteiger partial charge in [-0.05, 0) is 47.7 Å². The molecule has 260 valence electrons. The zero-order valence-electron chi connectivity index (χ0n) is 30.9. The molecule has 3 amide bonds. The number of rotatable bonds is 16. The van der Waals surface area contributed by atoms with Gasteiger partial charge in [0.25, 0.3) is 0 Å². The van der Waals surface area contributed by atoms with Gasteiger partial charge in [-0.15, -0.1) is 0 Å². The molecule has 10 nitrogen and oxygen atoms in total. The second-order valence-corrected chi connectivity index (χ2v) is 25.2. The minimum absolute atomic E-state index is 0.0221. The van der Waals surface area contributed by atoms with E-state index in [9.17, 15) is 9.59 Å². The predicted octanol–water partition coefficient (Wildman–Crippen LogP) is 7.36. The molecule has 0 aromatic heterocycles. The molecule has 1 aromatic rings. The molecular formula is C33H63N3O7Si2. The van der Waals surface area contributed by atoms with Crippen molar-refractivity contribution in [2.45, 2.75) is 110 Å². The van der Waals surface area contributed by atoms with Gasteiger partial charge >= 0.3 is 6.03 Å². The fourth-order valence-corrected chi connectivity index (χ4v) is 5.94. The average Bonchev–Trinajstić information content (AvgIpc) is 2.89. The molecule has 0 aliphatic carbocycles. The molecule has 45 heavy (non-hydrogen) atoms. The zero-order chi connectivity index (χ0) is 34.9. The molecule has 0 fully saturated rings. The molecule has 0 saturated carbocycles. The summed E-state index contributed by atoms with van der Waals surface area (Å²) in [6.45, 7) is 30.3. The Morgan fingerprint density at radius 1 is 0.822 bits per heavy atom. The van der Waals surface area contributed by atoms with E-state index in [0.29, 0.717) is 43.5 Å². The first-order chi connectivity index (χ1) is 20.5. The van der Waals surface area contributed by atoms with Gasteiger partial charge in [0, 0.05) is 44.8 Å². The fourth-order valence-electron chi connectivity index (χ4n) is 3.87. The van der Waals surface area contributed by atoms with Gasteiger partial charge in [0.1, 0.15) is 11.5 Å². The van der Waals surface area contributed by atoms with Crippen molar-refractivity contribution in [1.82, 2.24) is 10.2 Å². The number of methoxy groups -OCH3 is 2. The van der Waals surface area contributed by atoms with Gasteiger partial charge in [-0.1, -0.05) is 62.3 Å². The highest BCUT2D eigenvalue weighted by Crippen LogP contribution is 2.41. The van der Waals surface area contributed by atoms with E-state index in [0.717, 1.165) is 5.56 Å². The number of anilines is 1. The second kappa shape index (κ2) is 16.6. The first-order valence-corrected chi connectivity index (χ1v) is 21.7. The third-order valence-electron chi connectivity index (χ3n) is 8.91. The van der Waals surface area contributed by atoms with Crippen LogP contribution in [-0.4, -0.2) is 87.3 Å². The third-order valence-corrected chi connectivity index (χ3v) is 18.0. The quantitative estimate of drug-likeness (QED) is 0.140. The van der Waals surface area contributed by atoms with Gasteiger partial charge in [0.2, 0.25) is 5.91 Å². The number of carbonyl (C=O) groups is 2. The monoisotopic (exact) mass is 669 g/mol. The Morgan fingerprint density at radius 3 is 1.76 bits per heavy atom. The first-order valence-electron chi connectivity index (χ1n) is 15.9. The molecule has 0 aliphatic rings. The lowest BCUT2D eigenvalue weighted by molar-refractivity contribution is -0.131. The van der Waals surface area contributed by atoms with Gasteiger partial charge in [-0.3, -0.25) is 4.79 Å². The molecule has 0 atom stereocenters. The van der Waals surface area contributed by atoms with E-state index in [4.69, 9.17) is 23.1 Å². The number of urea groups is 1. The van der Waals surface area contributed by atoms with E-state index in [1.54, 1.807) is 25.2 Å². The molecule has 2 N–H and O–H groups in total. The van der Waals surface area contributed by atoms with Crippen LogP contribution in [0.1, 0.15) is 74.3 Å². The molecular weight excluding hydrogens is 607 g/mol. The zero-order valence-corrected chi connectivity index (χ0v) is 32.9. The Balaban J connectivity index is 2.97. The molecule has 12 heteroatoms. The van der Waals surface area contributed by atoms with E-state index >= 15 is 0 Å². The second-order valence-electron chi connectivity index (χ2n) is 15.6. The molecule has 0 aliphatic heterocycles. The highest BCUT2D eigenvalue weighted by atomic mass is 28.4. The summed E-state index contributed by atoms with van der Waals surface area (Å²) in [5.74, 6) is 1.03. The Bertz CT molecular complexity index is 1080. The summed E-state index contributed by atoms with van der Waals surface area (Å²) in [7, 11) is -0.804. The van der Waals surface area contributed by atoms with E-state index in [1.807, 2.05) is 6.07 Å². The minimum Gasteiger partial charge on any atom is -0.497 e. The number of benzene rings is 1. The van der Waals surface area contributed by atoms with Crippen molar-refractivity contribution in [3.8, 4) is 11.5 Å².